The van der Waals surface area contributed by atoms with E-state index >= 15 is 0 Å². The second-order valence-corrected chi connectivity index (χ2v) is 18.6. The van der Waals surface area contributed by atoms with E-state index in [1.54, 1.807) is 0 Å². The van der Waals surface area contributed by atoms with Gasteiger partial charge in [-0.1, -0.05) is 0 Å². The second kappa shape index (κ2) is 14.1. The van der Waals surface area contributed by atoms with Gasteiger partial charge >= 0.3 is 45.9 Å². The SMILES string of the molecule is FC(F)(F)c1ccc(OP2(Cl)=NP(Cl)(Oc3ccc(C(F)(F)F)cc3)=NP(Oc3ccc(C(F)(F)F)cc3)(Oc3ccc(C(F)(F)F)cc3)=N2)cc1. The lowest BCUT2D eigenvalue weighted by Crippen LogP contribution is -2.07. The normalized spacial score (nSPS) is 20.5. The van der Waals surface area contributed by atoms with Gasteiger partial charge in [-0.3, -0.25) is 0 Å². The Morgan fingerprint density at radius 2 is 0.577 bits per heavy atom. The molecule has 4 aromatic rings. The first-order valence-electron chi connectivity index (χ1n) is 13.6. The van der Waals surface area contributed by atoms with Gasteiger partial charge in [0, 0.05) is 0 Å². The quantitative estimate of drug-likeness (QED) is 0.131. The Labute approximate surface area is 294 Å². The van der Waals surface area contributed by atoms with Gasteiger partial charge in [-0.2, -0.15) is 52.7 Å². The lowest BCUT2D eigenvalue weighted by Gasteiger charge is -2.29. The Hall–Kier alpha value is -3.49. The average molecular weight is 850 g/mol. The van der Waals surface area contributed by atoms with Crippen LogP contribution in [0.4, 0.5) is 52.7 Å². The van der Waals surface area contributed by atoms with Crippen LogP contribution in [0.2, 0.25) is 0 Å². The zero-order chi connectivity index (χ0) is 38.4. The molecule has 1 heterocycles. The van der Waals surface area contributed by atoms with E-state index < -0.39 is 91.2 Å². The zero-order valence-electron chi connectivity index (χ0n) is 24.8. The highest BCUT2D eigenvalue weighted by molar-refractivity contribution is 8.00. The summed E-state index contributed by atoms with van der Waals surface area (Å²) >= 11 is 13.4. The lowest BCUT2D eigenvalue weighted by molar-refractivity contribution is -0.138. The molecule has 5 rings (SSSR count). The fraction of sp³-hybridized carbons (Fsp3) is 0.143. The number of hydrogen-bond acceptors (Lipinski definition) is 7. The highest BCUT2D eigenvalue weighted by atomic mass is 35.7. The van der Waals surface area contributed by atoms with Crippen LogP contribution in [0.3, 0.4) is 0 Å². The molecule has 0 amide bonds. The Morgan fingerprint density at radius 3 is 0.827 bits per heavy atom. The Morgan fingerprint density at radius 1 is 0.346 bits per heavy atom. The number of benzene rings is 4. The Balaban J connectivity index is 1.69. The molecule has 0 aliphatic carbocycles. The summed E-state index contributed by atoms with van der Waals surface area (Å²) in [5.74, 6) is -1.69. The topological polar surface area (TPSA) is 74.0 Å². The molecule has 2 atom stereocenters. The minimum atomic E-state index is -4.79. The van der Waals surface area contributed by atoms with E-state index in [-0.39, 0.29) is 0 Å². The number of halogens is 14. The van der Waals surface area contributed by atoms with Crippen LogP contribution in [0.1, 0.15) is 22.3 Å². The van der Waals surface area contributed by atoms with E-state index in [0.29, 0.717) is 48.5 Å². The van der Waals surface area contributed by atoms with Gasteiger partial charge in [0.1, 0.15) is 23.0 Å². The van der Waals surface area contributed by atoms with Gasteiger partial charge in [-0.25, -0.2) is 0 Å². The number of nitrogens with zero attached hydrogens (tertiary/aromatic N) is 3. The molecule has 24 heteroatoms. The molecule has 1 aliphatic rings. The smallest absolute Gasteiger partial charge is 0.431 e. The van der Waals surface area contributed by atoms with Crippen molar-refractivity contribution in [2.24, 2.45) is 13.5 Å². The summed E-state index contributed by atoms with van der Waals surface area (Å²) in [7, 11) is -4.72. The largest absolute Gasteiger partial charge is 0.457 e. The van der Waals surface area contributed by atoms with Gasteiger partial charge in [0.15, 0.2) is 0 Å². The van der Waals surface area contributed by atoms with Crippen LogP contribution < -0.4 is 18.1 Å². The predicted molar refractivity (Wildman–Crippen MR) is 168 cm³/mol. The summed E-state index contributed by atoms with van der Waals surface area (Å²) < 4.78 is 194. The Kier molecular flexibility index (Phi) is 10.7. The van der Waals surface area contributed by atoms with Crippen LogP contribution in [0.15, 0.2) is 111 Å². The molecule has 0 radical (unpaired) electrons. The summed E-state index contributed by atoms with van der Waals surface area (Å²) in [5, 5.41) is 0. The van der Waals surface area contributed by atoms with Crippen molar-refractivity contribution in [2.45, 2.75) is 24.7 Å². The first kappa shape index (κ1) is 39.7. The number of rotatable bonds is 8. The molecule has 1 aliphatic heterocycles. The van der Waals surface area contributed by atoms with Gasteiger partial charge in [-0.05, 0) is 120 Å². The highest BCUT2D eigenvalue weighted by Gasteiger charge is 2.44. The summed E-state index contributed by atoms with van der Waals surface area (Å²) in [4.78, 5) is 0. The van der Waals surface area contributed by atoms with E-state index in [4.69, 9.17) is 40.6 Å². The molecule has 7 nitrogen and oxygen atoms in total. The lowest BCUT2D eigenvalue weighted by atomic mass is 10.2. The maximum atomic E-state index is 13.3. The van der Waals surface area contributed by atoms with Gasteiger partial charge in [-0.15, -0.1) is 13.5 Å². The summed E-state index contributed by atoms with van der Waals surface area (Å²) in [6.45, 7) is -9.01. The second-order valence-electron chi connectivity index (χ2n) is 10.2. The van der Waals surface area contributed by atoms with Crippen LogP contribution in [0.5, 0.6) is 23.0 Å². The van der Waals surface area contributed by atoms with E-state index in [1.807, 2.05) is 0 Å². The minimum Gasteiger partial charge on any atom is -0.431 e. The fourth-order valence-electron chi connectivity index (χ4n) is 4.00. The summed E-state index contributed by atoms with van der Waals surface area (Å²) in [6.07, 6.45) is -19.1. The van der Waals surface area contributed by atoms with Crippen molar-refractivity contribution in [3.05, 3.63) is 119 Å². The molecule has 0 N–H and O–H groups in total. The molecule has 52 heavy (non-hydrogen) atoms. The highest BCUT2D eigenvalue weighted by Crippen LogP contribution is 2.81. The molecule has 0 aromatic heterocycles. The summed E-state index contributed by atoms with van der Waals surface area (Å²) in [6, 6.07) is 11.2. The molecule has 280 valence electrons. The molecule has 0 saturated heterocycles. The van der Waals surface area contributed by atoms with Crippen molar-refractivity contribution in [1.82, 2.24) is 0 Å². The maximum absolute atomic E-state index is 13.3. The van der Waals surface area contributed by atoms with Crippen LogP contribution in [0, 0.1) is 0 Å². The van der Waals surface area contributed by atoms with E-state index in [1.165, 1.54) is 0 Å². The molecule has 0 saturated carbocycles. The van der Waals surface area contributed by atoms with Gasteiger partial charge in [0.2, 0.25) is 0 Å². The van der Waals surface area contributed by atoms with Crippen molar-refractivity contribution >= 4 is 43.7 Å². The third kappa shape index (κ3) is 9.93. The third-order valence-corrected chi connectivity index (χ3v) is 16.3. The monoisotopic (exact) mass is 849 g/mol. The molecule has 0 fully saturated rings. The van der Waals surface area contributed by atoms with E-state index in [0.717, 1.165) is 48.5 Å². The van der Waals surface area contributed by atoms with Crippen molar-refractivity contribution in [3.63, 3.8) is 0 Å². The van der Waals surface area contributed by atoms with E-state index in [2.05, 4.69) is 13.5 Å². The van der Waals surface area contributed by atoms with Gasteiger partial charge < -0.3 is 18.1 Å². The standard InChI is InChI=1S/C28H16Cl2F12N3O4P3/c29-50(46-21-9-1-17(2-10-21)25(31,32)33)43-51(30,47-22-11-3-18(4-12-22)26(34,35)36)45-52(44-50,48-23-13-5-19(6-14-23)27(37,38)39)49-24-15-7-20(8-16-24)28(40,41)42/h1-16H. The maximum Gasteiger partial charge on any atom is 0.457 e. The first-order valence-corrected chi connectivity index (χ1v) is 20.2. The fourth-order valence-corrected chi connectivity index (χ4v) is 15.5. The number of hydrogen-bond donors (Lipinski definition) is 0. The average Bonchev–Trinajstić information content (AvgIpc) is 2.99. The third-order valence-electron chi connectivity index (χ3n) is 6.29. The van der Waals surface area contributed by atoms with Crippen molar-refractivity contribution < 1.29 is 70.8 Å². The van der Waals surface area contributed by atoms with Crippen molar-refractivity contribution in [3.8, 4) is 23.0 Å². The van der Waals surface area contributed by atoms with Crippen molar-refractivity contribution in [1.29, 1.82) is 0 Å². The van der Waals surface area contributed by atoms with E-state index in [9.17, 15) is 52.7 Å². The molecule has 0 spiro atoms. The zero-order valence-corrected chi connectivity index (χ0v) is 29.0. The number of alkyl halides is 12. The molecule has 0 bridgehead atoms. The van der Waals surface area contributed by atoms with Crippen molar-refractivity contribution in [2.75, 3.05) is 0 Å². The molecular weight excluding hydrogens is 834 g/mol. The predicted octanol–water partition coefficient (Wildman–Crippen LogP) is 14.7. The van der Waals surface area contributed by atoms with Gasteiger partial charge in [0.05, 0.1) is 22.3 Å². The van der Waals surface area contributed by atoms with Crippen LogP contribution in [0.25, 0.3) is 0 Å². The minimum absolute atomic E-state index is 0.398. The van der Waals surface area contributed by atoms with Crippen LogP contribution in [-0.2, 0) is 24.7 Å². The summed E-state index contributed by atoms with van der Waals surface area (Å²) in [5.41, 5.74) is -4.45. The van der Waals surface area contributed by atoms with Gasteiger partial charge in [0.25, 0.3) is 0 Å². The molecular formula is C28H16Cl2F12N3O4P3. The Bertz CT molecular complexity index is 1960. The van der Waals surface area contributed by atoms with Crippen LogP contribution in [-0.4, -0.2) is 0 Å². The molecule has 4 aromatic carbocycles. The van der Waals surface area contributed by atoms with Crippen LogP contribution >= 0.6 is 43.7 Å². The first-order chi connectivity index (χ1) is 23.9. The molecule has 2 unspecified atom stereocenters.